The molecule has 166 valence electrons. The van der Waals surface area contributed by atoms with Gasteiger partial charge in [0.2, 0.25) is 0 Å². The van der Waals surface area contributed by atoms with Gasteiger partial charge in [-0.3, -0.25) is 0 Å². The molecule has 33 heavy (non-hydrogen) atoms. The zero-order valence-corrected chi connectivity index (χ0v) is 18.1. The van der Waals surface area contributed by atoms with Crippen LogP contribution >= 0.6 is 0 Å². The summed E-state index contributed by atoms with van der Waals surface area (Å²) in [4.78, 5) is 3.51. The van der Waals surface area contributed by atoms with Crippen molar-refractivity contribution in [3.63, 3.8) is 0 Å². The van der Waals surface area contributed by atoms with Crippen LogP contribution in [0.4, 0.5) is 0 Å². The molecule has 1 aromatic heterocycles. The van der Waals surface area contributed by atoms with Crippen molar-refractivity contribution in [3.05, 3.63) is 84.9 Å². The van der Waals surface area contributed by atoms with Gasteiger partial charge in [0.05, 0.1) is 13.2 Å². The molecule has 4 aromatic carbocycles. The van der Waals surface area contributed by atoms with Crippen molar-refractivity contribution in [1.82, 2.24) is 4.98 Å². The highest BCUT2D eigenvalue weighted by Crippen LogP contribution is 2.33. The van der Waals surface area contributed by atoms with Gasteiger partial charge in [-0.05, 0) is 70.8 Å². The molecule has 0 aliphatic rings. The Labute approximate surface area is 191 Å². The Kier molecular flexibility index (Phi) is 5.98. The summed E-state index contributed by atoms with van der Waals surface area (Å²) in [6.07, 6.45) is 0. The molecule has 0 aliphatic heterocycles. The minimum absolute atomic E-state index is 0.00259. The average Bonchev–Trinajstić information content (AvgIpc) is 3.24. The predicted molar refractivity (Wildman–Crippen MR) is 132 cm³/mol. The van der Waals surface area contributed by atoms with Crippen LogP contribution < -0.4 is 9.47 Å². The molecule has 0 fully saturated rings. The molecule has 5 heteroatoms. The maximum absolute atomic E-state index is 8.92. The van der Waals surface area contributed by atoms with Gasteiger partial charge >= 0.3 is 0 Å². The first-order valence-electron chi connectivity index (χ1n) is 11.0. The van der Waals surface area contributed by atoms with Crippen LogP contribution in [0, 0.1) is 0 Å². The van der Waals surface area contributed by atoms with Crippen LogP contribution in [0.25, 0.3) is 44.1 Å². The standard InChI is InChI=1S/C28H25NO4/c30-13-15-32-23-7-1-19(2-8-23)21-5-11-27-25(17-21)26-18-22(6-12-28(26)29-27)20-3-9-24(10-4-20)33-16-14-31/h1-12,17-18,29-31H,13-16H2. The summed E-state index contributed by atoms with van der Waals surface area (Å²) < 4.78 is 10.9. The second kappa shape index (κ2) is 9.36. The molecule has 0 saturated carbocycles. The van der Waals surface area contributed by atoms with Gasteiger partial charge in [0.1, 0.15) is 24.7 Å². The molecule has 1 heterocycles. The molecule has 0 unspecified atom stereocenters. The summed E-state index contributed by atoms with van der Waals surface area (Å²) in [5.41, 5.74) is 6.68. The number of hydrogen-bond acceptors (Lipinski definition) is 4. The molecule has 0 bridgehead atoms. The summed E-state index contributed by atoms with van der Waals surface area (Å²) in [5.74, 6) is 1.50. The fourth-order valence-electron chi connectivity index (χ4n) is 4.07. The van der Waals surface area contributed by atoms with Gasteiger partial charge in [-0.1, -0.05) is 36.4 Å². The molecule has 5 rings (SSSR count). The van der Waals surface area contributed by atoms with E-state index in [1.807, 2.05) is 48.5 Å². The van der Waals surface area contributed by atoms with Crippen molar-refractivity contribution in [2.75, 3.05) is 26.4 Å². The van der Waals surface area contributed by atoms with Crippen LogP contribution in [0.1, 0.15) is 0 Å². The van der Waals surface area contributed by atoms with E-state index in [4.69, 9.17) is 19.7 Å². The summed E-state index contributed by atoms with van der Waals surface area (Å²) in [6, 6.07) is 28.8. The monoisotopic (exact) mass is 439 g/mol. The zero-order chi connectivity index (χ0) is 22.6. The van der Waals surface area contributed by atoms with E-state index < -0.39 is 0 Å². The van der Waals surface area contributed by atoms with E-state index in [-0.39, 0.29) is 13.2 Å². The van der Waals surface area contributed by atoms with E-state index in [0.717, 1.165) is 44.8 Å². The van der Waals surface area contributed by atoms with Gasteiger partial charge in [0.15, 0.2) is 0 Å². The lowest BCUT2D eigenvalue weighted by atomic mass is 10.00. The molecule has 0 atom stereocenters. The van der Waals surface area contributed by atoms with Crippen molar-refractivity contribution in [3.8, 4) is 33.8 Å². The molecule has 0 aliphatic carbocycles. The third kappa shape index (κ3) is 4.42. The fourth-order valence-corrected chi connectivity index (χ4v) is 4.07. The first-order valence-corrected chi connectivity index (χ1v) is 11.0. The van der Waals surface area contributed by atoms with Gasteiger partial charge in [0, 0.05) is 21.8 Å². The topological polar surface area (TPSA) is 74.7 Å². The van der Waals surface area contributed by atoms with Crippen LogP contribution in [0.5, 0.6) is 11.5 Å². The Bertz CT molecular complexity index is 1270. The number of rotatable bonds is 8. The minimum atomic E-state index is 0.00259. The first-order chi connectivity index (χ1) is 16.2. The van der Waals surface area contributed by atoms with Gasteiger partial charge in [-0.2, -0.15) is 0 Å². The maximum atomic E-state index is 8.92. The third-order valence-electron chi connectivity index (χ3n) is 5.69. The number of fused-ring (bicyclic) bond motifs is 3. The van der Waals surface area contributed by atoms with Crippen molar-refractivity contribution in [2.45, 2.75) is 0 Å². The van der Waals surface area contributed by atoms with Gasteiger partial charge in [-0.15, -0.1) is 0 Å². The second-order valence-electron chi connectivity index (χ2n) is 7.84. The van der Waals surface area contributed by atoms with Crippen molar-refractivity contribution in [2.24, 2.45) is 0 Å². The highest BCUT2D eigenvalue weighted by molar-refractivity contribution is 6.09. The second-order valence-corrected chi connectivity index (χ2v) is 7.84. The Balaban J connectivity index is 1.48. The molecule has 0 spiro atoms. The van der Waals surface area contributed by atoms with Crippen molar-refractivity contribution >= 4 is 21.8 Å². The van der Waals surface area contributed by atoms with Crippen LogP contribution in [-0.2, 0) is 0 Å². The molecule has 0 amide bonds. The van der Waals surface area contributed by atoms with E-state index in [1.54, 1.807) is 0 Å². The Hall–Kier alpha value is -3.80. The highest BCUT2D eigenvalue weighted by Gasteiger charge is 2.09. The van der Waals surface area contributed by atoms with E-state index in [1.165, 1.54) is 10.8 Å². The average molecular weight is 440 g/mol. The smallest absolute Gasteiger partial charge is 0.119 e. The number of aromatic amines is 1. The number of aliphatic hydroxyl groups is 2. The number of benzene rings is 4. The van der Waals surface area contributed by atoms with Crippen molar-refractivity contribution in [1.29, 1.82) is 0 Å². The van der Waals surface area contributed by atoms with Gasteiger partial charge in [-0.25, -0.2) is 0 Å². The lowest BCUT2D eigenvalue weighted by Crippen LogP contribution is -2.01. The number of ether oxygens (including phenoxy) is 2. The summed E-state index contributed by atoms with van der Waals surface area (Å²) in [7, 11) is 0. The Morgan fingerprint density at radius 1 is 0.515 bits per heavy atom. The SMILES string of the molecule is OCCOc1ccc(-c2ccc3[nH]c4ccc(-c5ccc(OCCO)cc5)cc4c3c2)cc1. The lowest BCUT2D eigenvalue weighted by Gasteiger charge is -2.07. The Morgan fingerprint density at radius 3 is 1.30 bits per heavy atom. The summed E-state index contributed by atoms with van der Waals surface area (Å²) >= 11 is 0. The first kappa shape index (κ1) is 21.1. The fraction of sp³-hybridized carbons (Fsp3) is 0.143. The molecular formula is C28H25NO4. The normalized spacial score (nSPS) is 11.2. The van der Waals surface area contributed by atoms with E-state index in [2.05, 4.69) is 41.4 Å². The number of H-pyrrole nitrogens is 1. The van der Waals surface area contributed by atoms with E-state index >= 15 is 0 Å². The van der Waals surface area contributed by atoms with Crippen LogP contribution in [-0.4, -0.2) is 41.6 Å². The maximum Gasteiger partial charge on any atom is 0.119 e. The molecule has 5 aromatic rings. The van der Waals surface area contributed by atoms with Crippen molar-refractivity contribution < 1.29 is 19.7 Å². The van der Waals surface area contributed by atoms with Gasteiger partial charge in [0.25, 0.3) is 0 Å². The summed E-state index contributed by atoms with van der Waals surface area (Å²) in [6.45, 7) is 0.591. The highest BCUT2D eigenvalue weighted by atomic mass is 16.5. The Morgan fingerprint density at radius 2 is 0.909 bits per heavy atom. The van der Waals surface area contributed by atoms with Gasteiger partial charge < -0.3 is 24.7 Å². The van der Waals surface area contributed by atoms with Crippen LogP contribution in [0.2, 0.25) is 0 Å². The number of nitrogens with one attached hydrogen (secondary N) is 1. The molecule has 0 radical (unpaired) electrons. The van der Waals surface area contributed by atoms with E-state index in [9.17, 15) is 0 Å². The number of aliphatic hydroxyl groups excluding tert-OH is 2. The summed E-state index contributed by atoms with van der Waals surface area (Å²) in [5, 5.41) is 20.2. The van der Waals surface area contributed by atoms with E-state index in [0.29, 0.717) is 13.2 Å². The molecular weight excluding hydrogens is 414 g/mol. The molecule has 3 N–H and O–H groups in total. The number of aromatic nitrogens is 1. The third-order valence-corrected chi connectivity index (χ3v) is 5.69. The van der Waals surface area contributed by atoms with Crippen LogP contribution in [0.3, 0.4) is 0 Å². The molecule has 5 nitrogen and oxygen atoms in total. The largest absolute Gasteiger partial charge is 0.491 e. The lowest BCUT2D eigenvalue weighted by molar-refractivity contribution is 0.201. The predicted octanol–water partition coefficient (Wildman–Crippen LogP) is 5.40. The minimum Gasteiger partial charge on any atom is -0.491 e. The quantitative estimate of drug-likeness (QED) is 0.303. The number of hydrogen-bond donors (Lipinski definition) is 3. The molecule has 0 saturated heterocycles. The van der Waals surface area contributed by atoms with Crippen LogP contribution in [0.15, 0.2) is 84.9 Å². The zero-order valence-electron chi connectivity index (χ0n) is 18.1.